The van der Waals surface area contributed by atoms with Crippen LogP contribution in [-0.2, 0) is 4.79 Å². The molecule has 0 bridgehead atoms. The largest absolute Gasteiger partial charge is 0.384 e. The molecule has 3 N–H and O–H groups in total. The average molecular weight is 192 g/mol. The molecule has 2 heterocycles. The van der Waals surface area contributed by atoms with E-state index in [4.69, 9.17) is 5.73 Å². The van der Waals surface area contributed by atoms with Gasteiger partial charge in [0, 0.05) is 13.1 Å². The van der Waals surface area contributed by atoms with E-state index >= 15 is 0 Å². The van der Waals surface area contributed by atoms with Crippen LogP contribution in [0.25, 0.3) is 0 Å². The van der Waals surface area contributed by atoms with Crippen LogP contribution in [0.5, 0.6) is 0 Å². The zero-order valence-corrected chi connectivity index (χ0v) is 7.73. The summed E-state index contributed by atoms with van der Waals surface area (Å²) >= 11 is 0. The molecule has 1 saturated heterocycles. The van der Waals surface area contributed by atoms with Gasteiger partial charge < -0.3 is 16.0 Å². The molecule has 1 aromatic heterocycles. The topological polar surface area (TPSA) is 71.2 Å². The van der Waals surface area contributed by atoms with E-state index in [2.05, 4.69) is 10.3 Å². The van der Waals surface area contributed by atoms with Crippen molar-refractivity contribution in [1.29, 1.82) is 0 Å². The Morgan fingerprint density at radius 1 is 1.50 bits per heavy atom. The lowest BCUT2D eigenvalue weighted by Crippen LogP contribution is -2.48. The number of amides is 1. The highest BCUT2D eigenvalue weighted by Gasteiger charge is 2.16. The van der Waals surface area contributed by atoms with Crippen LogP contribution < -0.4 is 16.0 Å². The Labute approximate surface area is 81.9 Å². The zero-order chi connectivity index (χ0) is 9.97. The Morgan fingerprint density at radius 2 is 2.36 bits per heavy atom. The van der Waals surface area contributed by atoms with E-state index in [-0.39, 0.29) is 5.91 Å². The second-order valence-electron chi connectivity index (χ2n) is 3.19. The molecular formula is C9H12N4O. The van der Waals surface area contributed by atoms with Crippen LogP contribution >= 0.6 is 0 Å². The standard InChI is InChI=1S/C9H12N4O/c10-7-2-1-3-8(12-7)13-5-4-11-9(14)6-13/h1-3H,4-6H2,(H2,10,12)(H,11,14). The van der Waals surface area contributed by atoms with Crippen molar-refractivity contribution in [2.45, 2.75) is 0 Å². The van der Waals surface area contributed by atoms with Crippen LogP contribution in [0.4, 0.5) is 11.6 Å². The van der Waals surface area contributed by atoms with Crippen molar-refractivity contribution in [2.24, 2.45) is 0 Å². The maximum absolute atomic E-state index is 11.1. The first-order valence-electron chi connectivity index (χ1n) is 4.50. The van der Waals surface area contributed by atoms with E-state index in [1.165, 1.54) is 0 Å². The first-order chi connectivity index (χ1) is 6.75. The van der Waals surface area contributed by atoms with Gasteiger partial charge in [0.2, 0.25) is 5.91 Å². The third-order valence-corrected chi connectivity index (χ3v) is 2.12. The lowest BCUT2D eigenvalue weighted by molar-refractivity contribution is -0.120. The van der Waals surface area contributed by atoms with Crippen LogP contribution in [-0.4, -0.2) is 30.5 Å². The summed E-state index contributed by atoms with van der Waals surface area (Å²) in [6, 6.07) is 5.42. The summed E-state index contributed by atoms with van der Waals surface area (Å²) in [4.78, 5) is 17.2. The van der Waals surface area contributed by atoms with E-state index in [9.17, 15) is 4.79 Å². The average Bonchev–Trinajstić information content (AvgIpc) is 2.18. The van der Waals surface area contributed by atoms with E-state index in [0.29, 0.717) is 18.9 Å². The molecule has 0 aromatic carbocycles. The molecule has 1 aliphatic heterocycles. The van der Waals surface area contributed by atoms with Crippen molar-refractivity contribution in [1.82, 2.24) is 10.3 Å². The number of anilines is 2. The highest BCUT2D eigenvalue weighted by Crippen LogP contribution is 2.12. The van der Waals surface area contributed by atoms with Crippen LogP contribution in [0.1, 0.15) is 0 Å². The first kappa shape index (κ1) is 8.80. The van der Waals surface area contributed by atoms with Crippen LogP contribution in [0.2, 0.25) is 0 Å². The number of rotatable bonds is 1. The molecule has 0 unspecified atom stereocenters. The number of aromatic nitrogens is 1. The fourth-order valence-electron chi connectivity index (χ4n) is 1.45. The van der Waals surface area contributed by atoms with Gasteiger partial charge in [-0.3, -0.25) is 4.79 Å². The summed E-state index contributed by atoms with van der Waals surface area (Å²) in [6.07, 6.45) is 0. The van der Waals surface area contributed by atoms with Crippen molar-refractivity contribution in [3.8, 4) is 0 Å². The van der Waals surface area contributed by atoms with Crippen LogP contribution in [0.3, 0.4) is 0 Å². The molecule has 5 nitrogen and oxygen atoms in total. The number of pyridine rings is 1. The quantitative estimate of drug-likeness (QED) is 0.635. The molecule has 5 heteroatoms. The number of hydrogen-bond acceptors (Lipinski definition) is 4. The van der Waals surface area contributed by atoms with E-state index in [1.807, 2.05) is 17.0 Å². The number of hydrogen-bond donors (Lipinski definition) is 2. The molecule has 1 fully saturated rings. The predicted molar refractivity (Wildman–Crippen MR) is 53.9 cm³/mol. The van der Waals surface area contributed by atoms with E-state index < -0.39 is 0 Å². The SMILES string of the molecule is Nc1cccc(N2CCNC(=O)C2)n1. The Hall–Kier alpha value is -1.78. The summed E-state index contributed by atoms with van der Waals surface area (Å²) in [5, 5.41) is 2.76. The van der Waals surface area contributed by atoms with Crippen molar-refractivity contribution < 1.29 is 4.79 Å². The third-order valence-electron chi connectivity index (χ3n) is 2.12. The van der Waals surface area contributed by atoms with Crippen molar-refractivity contribution >= 4 is 17.5 Å². The number of carbonyl (C=O) groups is 1. The molecule has 1 aliphatic rings. The first-order valence-corrected chi connectivity index (χ1v) is 4.50. The summed E-state index contributed by atoms with van der Waals surface area (Å²) in [6.45, 7) is 1.80. The zero-order valence-electron chi connectivity index (χ0n) is 7.73. The summed E-state index contributed by atoms with van der Waals surface area (Å²) in [5.74, 6) is 1.27. The maximum atomic E-state index is 11.1. The van der Waals surface area contributed by atoms with Gasteiger partial charge in [-0.15, -0.1) is 0 Å². The molecule has 0 atom stereocenters. The molecule has 0 aliphatic carbocycles. The molecular weight excluding hydrogens is 180 g/mol. The number of nitrogens with zero attached hydrogens (tertiary/aromatic N) is 2. The number of nitrogen functional groups attached to an aromatic ring is 1. The van der Waals surface area contributed by atoms with Gasteiger partial charge in [0.05, 0.1) is 6.54 Å². The van der Waals surface area contributed by atoms with E-state index in [1.54, 1.807) is 6.07 Å². The lowest BCUT2D eigenvalue weighted by atomic mass is 10.3. The summed E-state index contributed by atoms with van der Waals surface area (Å²) in [7, 11) is 0. The molecule has 14 heavy (non-hydrogen) atoms. The second-order valence-corrected chi connectivity index (χ2v) is 3.19. The smallest absolute Gasteiger partial charge is 0.239 e. The molecule has 74 valence electrons. The van der Waals surface area contributed by atoms with Crippen molar-refractivity contribution in [3.05, 3.63) is 18.2 Å². The fraction of sp³-hybridized carbons (Fsp3) is 0.333. The Bertz CT molecular complexity index is 352. The highest BCUT2D eigenvalue weighted by atomic mass is 16.2. The minimum absolute atomic E-state index is 0.0282. The number of carbonyl (C=O) groups excluding carboxylic acids is 1. The van der Waals surface area contributed by atoms with Gasteiger partial charge in [-0.05, 0) is 12.1 Å². The molecule has 1 aromatic rings. The Balaban J connectivity index is 2.17. The van der Waals surface area contributed by atoms with Gasteiger partial charge in [0.1, 0.15) is 11.6 Å². The second kappa shape index (κ2) is 3.53. The monoisotopic (exact) mass is 192 g/mol. The molecule has 1 amide bonds. The summed E-state index contributed by atoms with van der Waals surface area (Å²) < 4.78 is 0. The third kappa shape index (κ3) is 1.76. The van der Waals surface area contributed by atoms with Crippen molar-refractivity contribution in [2.75, 3.05) is 30.3 Å². The molecule has 0 spiro atoms. The summed E-state index contributed by atoms with van der Waals surface area (Å²) in [5.41, 5.74) is 5.56. The van der Waals surface area contributed by atoms with Gasteiger partial charge in [0.25, 0.3) is 0 Å². The maximum Gasteiger partial charge on any atom is 0.239 e. The Kier molecular flexibility index (Phi) is 2.22. The number of nitrogens with two attached hydrogens (primary N) is 1. The van der Waals surface area contributed by atoms with Crippen LogP contribution in [0, 0.1) is 0 Å². The number of piperazine rings is 1. The van der Waals surface area contributed by atoms with Gasteiger partial charge in [0.15, 0.2) is 0 Å². The lowest BCUT2D eigenvalue weighted by Gasteiger charge is -2.27. The van der Waals surface area contributed by atoms with Gasteiger partial charge in [-0.2, -0.15) is 0 Å². The highest BCUT2D eigenvalue weighted by molar-refractivity contribution is 5.82. The van der Waals surface area contributed by atoms with Gasteiger partial charge >= 0.3 is 0 Å². The Morgan fingerprint density at radius 3 is 3.07 bits per heavy atom. The molecule has 2 rings (SSSR count). The van der Waals surface area contributed by atoms with Crippen LogP contribution in [0.15, 0.2) is 18.2 Å². The number of nitrogens with one attached hydrogen (secondary N) is 1. The molecule has 0 saturated carbocycles. The molecule has 0 radical (unpaired) electrons. The van der Waals surface area contributed by atoms with Crippen molar-refractivity contribution in [3.63, 3.8) is 0 Å². The van der Waals surface area contributed by atoms with E-state index in [0.717, 1.165) is 12.4 Å². The minimum Gasteiger partial charge on any atom is -0.384 e. The fourth-order valence-corrected chi connectivity index (χ4v) is 1.45. The predicted octanol–water partition coefficient (Wildman–Crippen LogP) is -0.400. The normalized spacial score (nSPS) is 16.6. The minimum atomic E-state index is 0.0282. The van der Waals surface area contributed by atoms with Gasteiger partial charge in [-0.1, -0.05) is 6.07 Å². The van der Waals surface area contributed by atoms with Gasteiger partial charge in [-0.25, -0.2) is 4.98 Å².